The van der Waals surface area contributed by atoms with E-state index in [1.165, 1.54) is 5.56 Å². The van der Waals surface area contributed by atoms with Gasteiger partial charge in [0, 0.05) is 38.4 Å². The Morgan fingerprint density at radius 1 is 0.900 bits per heavy atom. The molecule has 30 heavy (non-hydrogen) atoms. The van der Waals surface area contributed by atoms with E-state index in [2.05, 4.69) is 52.9 Å². The molecule has 3 rings (SSSR count). The van der Waals surface area contributed by atoms with Gasteiger partial charge in [-0.05, 0) is 42.9 Å². The second-order valence-electron chi connectivity index (χ2n) is 7.93. The van der Waals surface area contributed by atoms with Crippen molar-refractivity contribution in [2.75, 3.05) is 51.1 Å². The summed E-state index contributed by atoms with van der Waals surface area (Å²) in [5.74, 6) is 0.0216. The molecule has 1 atom stereocenters. The highest BCUT2D eigenvalue weighted by molar-refractivity contribution is 5.95. The van der Waals surface area contributed by atoms with Crippen LogP contribution >= 0.6 is 0 Å². The van der Waals surface area contributed by atoms with Gasteiger partial charge < -0.3 is 10.2 Å². The molecule has 0 bridgehead atoms. The van der Waals surface area contributed by atoms with Crippen molar-refractivity contribution in [1.82, 2.24) is 14.7 Å². The summed E-state index contributed by atoms with van der Waals surface area (Å²) in [7, 11) is 0. The SMILES string of the molecule is CCN1CCN(Cc2ccc(NC(=O)C(c3ccccc3)N(CC)CC)cc2)CC1. The summed E-state index contributed by atoms with van der Waals surface area (Å²) in [5.41, 5.74) is 3.18. The van der Waals surface area contributed by atoms with E-state index in [-0.39, 0.29) is 11.9 Å². The first kappa shape index (κ1) is 22.5. The minimum absolute atomic E-state index is 0.0216. The highest BCUT2D eigenvalue weighted by Crippen LogP contribution is 2.23. The predicted molar refractivity (Wildman–Crippen MR) is 125 cm³/mol. The van der Waals surface area contributed by atoms with E-state index in [0.29, 0.717) is 0 Å². The highest BCUT2D eigenvalue weighted by atomic mass is 16.2. The number of nitrogens with zero attached hydrogens (tertiary/aromatic N) is 3. The summed E-state index contributed by atoms with van der Waals surface area (Å²) < 4.78 is 0. The zero-order valence-corrected chi connectivity index (χ0v) is 18.7. The van der Waals surface area contributed by atoms with E-state index in [9.17, 15) is 4.79 Å². The number of hydrogen-bond donors (Lipinski definition) is 1. The summed E-state index contributed by atoms with van der Waals surface area (Å²) in [6, 6.07) is 18.1. The third kappa shape index (κ3) is 5.91. The molecule has 1 amide bonds. The molecule has 0 aliphatic carbocycles. The molecule has 0 aromatic heterocycles. The van der Waals surface area contributed by atoms with Gasteiger partial charge in [0.2, 0.25) is 5.91 Å². The quantitative estimate of drug-likeness (QED) is 0.684. The molecule has 1 heterocycles. The molecule has 1 aliphatic heterocycles. The van der Waals surface area contributed by atoms with Crippen LogP contribution in [0.2, 0.25) is 0 Å². The first-order valence-corrected chi connectivity index (χ1v) is 11.3. The van der Waals surface area contributed by atoms with Crippen LogP contribution < -0.4 is 5.32 Å². The van der Waals surface area contributed by atoms with Crippen LogP contribution in [0.4, 0.5) is 5.69 Å². The second kappa shape index (κ2) is 11.3. The average Bonchev–Trinajstić information content (AvgIpc) is 2.79. The number of hydrogen-bond acceptors (Lipinski definition) is 4. The van der Waals surface area contributed by atoms with E-state index in [1.807, 2.05) is 42.5 Å². The van der Waals surface area contributed by atoms with Crippen molar-refractivity contribution >= 4 is 11.6 Å². The standard InChI is InChI=1S/C25H36N4O/c1-4-27-16-18-28(19-17-27)20-21-12-14-23(15-13-21)26-25(30)24(29(5-2)6-3)22-10-8-7-9-11-22/h7-15,24H,4-6,16-20H2,1-3H3,(H,26,30). The van der Waals surface area contributed by atoms with Crippen LogP contribution in [0.25, 0.3) is 0 Å². The normalized spacial score (nSPS) is 16.5. The topological polar surface area (TPSA) is 38.8 Å². The van der Waals surface area contributed by atoms with Gasteiger partial charge in [0.25, 0.3) is 0 Å². The number of rotatable bonds is 9. The average molecular weight is 409 g/mol. The van der Waals surface area contributed by atoms with Crippen LogP contribution in [0.15, 0.2) is 54.6 Å². The molecule has 1 fully saturated rings. The summed E-state index contributed by atoms with van der Waals surface area (Å²) in [5, 5.41) is 3.13. The van der Waals surface area contributed by atoms with Crippen molar-refractivity contribution in [1.29, 1.82) is 0 Å². The van der Waals surface area contributed by atoms with Gasteiger partial charge in [-0.2, -0.15) is 0 Å². The van der Waals surface area contributed by atoms with Gasteiger partial charge in [-0.3, -0.25) is 14.6 Å². The molecule has 1 N–H and O–H groups in total. The van der Waals surface area contributed by atoms with E-state index in [0.717, 1.165) is 63.6 Å². The lowest BCUT2D eigenvalue weighted by Gasteiger charge is -2.34. The van der Waals surface area contributed by atoms with E-state index in [4.69, 9.17) is 0 Å². The summed E-state index contributed by atoms with van der Waals surface area (Å²) in [4.78, 5) is 20.4. The summed E-state index contributed by atoms with van der Waals surface area (Å²) >= 11 is 0. The van der Waals surface area contributed by atoms with Gasteiger partial charge in [-0.1, -0.05) is 63.2 Å². The molecule has 1 aliphatic rings. The third-order valence-corrected chi connectivity index (χ3v) is 6.08. The number of carbonyl (C=O) groups is 1. The van der Waals surface area contributed by atoms with Gasteiger partial charge >= 0.3 is 0 Å². The van der Waals surface area contributed by atoms with Crippen molar-refractivity contribution in [3.05, 3.63) is 65.7 Å². The molecule has 2 aromatic carbocycles. The fourth-order valence-corrected chi connectivity index (χ4v) is 4.18. The Bertz CT molecular complexity index is 765. The Balaban J connectivity index is 1.62. The summed E-state index contributed by atoms with van der Waals surface area (Å²) in [6.45, 7) is 14.7. The number of anilines is 1. The highest BCUT2D eigenvalue weighted by Gasteiger charge is 2.25. The Hall–Kier alpha value is -2.21. The number of carbonyl (C=O) groups excluding carboxylic acids is 1. The van der Waals surface area contributed by atoms with Gasteiger partial charge in [0.05, 0.1) is 0 Å². The van der Waals surface area contributed by atoms with Gasteiger partial charge in [-0.25, -0.2) is 0 Å². The zero-order chi connectivity index (χ0) is 21.3. The van der Waals surface area contributed by atoms with Crippen molar-refractivity contribution in [2.24, 2.45) is 0 Å². The predicted octanol–water partition coefficient (Wildman–Crippen LogP) is 3.85. The first-order valence-electron chi connectivity index (χ1n) is 11.3. The summed E-state index contributed by atoms with van der Waals surface area (Å²) in [6.07, 6.45) is 0. The number of piperazine rings is 1. The van der Waals surface area contributed by atoms with Gasteiger partial charge in [0.15, 0.2) is 0 Å². The van der Waals surface area contributed by atoms with Crippen molar-refractivity contribution < 1.29 is 4.79 Å². The van der Waals surface area contributed by atoms with Crippen LogP contribution in [0, 0.1) is 0 Å². The lowest BCUT2D eigenvalue weighted by atomic mass is 10.0. The number of likely N-dealkylation sites (N-methyl/N-ethyl adjacent to an activating group) is 2. The fourth-order valence-electron chi connectivity index (χ4n) is 4.18. The minimum Gasteiger partial charge on any atom is -0.324 e. The zero-order valence-electron chi connectivity index (χ0n) is 18.7. The molecular formula is C25H36N4O. The molecule has 0 spiro atoms. The first-order chi connectivity index (χ1) is 14.6. The van der Waals surface area contributed by atoms with Crippen molar-refractivity contribution in [3.8, 4) is 0 Å². The maximum absolute atomic E-state index is 13.2. The molecule has 1 unspecified atom stereocenters. The lowest BCUT2D eigenvalue weighted by Crippen LogP contribution is -2.45. The molecular weight excluding hydrogens is 372 g/mol. The second-order valence-corrected chi connectivity index (χ2v) is 7.93. The third-order valence-electron chi connectivity index (χ3n) is 6.08. The molecule has 162 valence electrons. The van der Waals surface area contributed by atoms with Crippen LogP contribution in [0.5, 0.6) is 0 Å². The van der Waals surface area contributed by atoms with E-state index in [1.54, 1.807) is 0 Å². The van der Waals surface area contributed by atoms with Gasteiger partial charge in [-0.15, -0.1) is 0 Å². The van der Waals surface area contributed by atoms with Crippen molar-refractivity contribution in [2.45, 2.75) is 33.4 Å². The minimum atomic E-state index is -0.282. The van der Waals surface area contributed by atoms with Crippen LogP contribution in [0.3, 0.4) is 0 Å². The Labute approximate surface area is 181 Å². The van der Waals surface area contributed by atoms with Crippen molar-refractivity contribution in [3.63, 3.8) is 0 Å². The number of nitrogens with one attached hydrogen (secondary N) is 1. The van der Waals surface area contributed by atoms with Crippen LogP contribution in [-0.4, -0.2) is 66.4 Å². The Morgan fingerprint density at radius 3 is 2.07 bits per heavy atom. The maximum Gasteiger partial charge on any atom is 0.246 e. The molecule has 2 aromatic rings. The maximum atomic E-state index is 13.2. The Morgan fingerprint density at radius 2 is 1.50 bits per heavy atom. The van der Waals surface area contributed by atoms with Gasteiger partial charge in [0.1, 0.15) is 6.04 Å². The van der Waals surface area contributed by atoms with E-state index >= 15 is 0 Å². The number of amides is 1. The monoisotopic (exact) mass is 408 g/mol. The molecule has 1 saturated heterocycles. The molecule has 5 heteroatoms. The molecule has 5 nitrogen and oxygen atoms in total. The van der Waals surface area contributed by atoms with Crippen LogP contribution in [0.1, 0.15) is 37.9 Å². The van der Waals surface area contributed by atoms with Crippen LogP contribution in [-0.2, 0) is 11.3 Å². The van der Waals surface area contributed by atoms with E-state index < -0.39 is 0 Å². The largest absolute Gasteiger partial charge is 0.324 e. The molecule has 0 saturated carbocycles. The molecule has 0 radical (unpaired) electrons. The fraction of sp³-hybridized carbons (Fsp3) is 0.480. The Kier molecular flexibility index (Phi) is 8.43. The smallest absolute Gasteiger partial charge is 0.246 e. The number of benzene rings is 2. The lowest BCUT2D eigenvalue weighted by molar-refractivity contribution is -0.121.